The number of hydrogen-bond acceptors (Lipinski definition) is 7. The molecular formula is C17H24N6O2S. The fourth-order valence-electron chi connectivity index (χ4n) is 3.18. The zero-order chi connectivity index (χ0) is 18.1. The molecule has 9 heteroatoms. The second kappa shape index (κ2) is 7.30. The second-order valence-electron chi connectivity index (χ2n) is 7.00. The molecule has 0 bridgehead atoms. The maximum Gasteiger partial charge on any atom is 0.238 e. The van der Waals surface area contributed by atoms with Crippen LogP contribution in [0.3, 0.4) is 0 Å². The van der Waals surface area contributed by atoms with Crippen LogP contribution in [0.5, 0.6) is 0 Å². The van der Waals surface area contributed by atoms with E-state index in [0.717, 1.165) is 37.0 Å². The van der Waals surface area contributed by atoms with E-state index in [9.17, 15) is 4.79 Å². The van der Waals surface area contributed by atoms with E-state index in [2.05, 4.69) is 30.1 Å². The van der Waals surface area contributed by atoms with Crippen LogP contribution in [0.4, 0.5) is 11.8 Å². The Kier molecular flexibility index (Phi) is 4.88. The molecule has 0 radical (unpaired) electrons. The Balaban J connectivity index is 1.47. The summed E-state index contributed by atoms with van der Waals surface area (Å²) in [5.74, 6) is 1.96. The highest BCUT2D eigenvalue weighted by molar-refractivity contribution is 8.00. The Labute approximate surface area is 156 Å². The molecule has 8 nitrogen and oxygen atoms in total. The van der Waals surface area contributed by atoms with Gasteiger partial charge in [0, 0.05) is 25.2 Å². The molecule has 2 aromatic rings. The molecule has 1 N–H and O–H groups in total. The normalized spacial score (nSPS) is 18.8. The van der Waals surface area contributed by atoms with E-state index < -0.39 is 0 Å². The number of aryl methyl sites for hydroxylation is 1. The molecule has 1 unspecified atom stereocenters. The zero-order valence-electron chi connectivity index (χ0n) is 15.1. The van der Waals surface area contributed by atoms with Crippen LogP contribution in [0.15, 0.2) is 15.7 Å². The van der Waals surface area contributed by atoms with Crippen molar-refractivity contribution in [2.45, 2.75) is 62.4 Å². The summed E-state index contributed by atoms with van der Waals surface area (Å²) in [4.78, 5) is 14.8. The standard InChI is InChI=1S/C17H24N6O2S/c1-11-10-14(21-25-11)18-15(24)12(2)26-17-20-19-16(23(17)13-6-7-13)22-8-4-3-5-9-22/h10,12-13H,3-9H2,1-2H3,(H,18,21,24). The number of rotatable bonds is 6. The van der Waals surface area contributed by atoms with Gasteiger partial charge in [-0.15, -0.1) is 10.2 Å². The number of hydrogen-bond donors (Lipinski definition) is 1. The summed E-state index contributed by atoms with van der Waals surface area (Å²) < 4.78 is 7.23. The lowest BCUT2D eigenvalue weighted by Crippen LogP contribution is -2.32. The number of nitrogens with zero attached hydrogens (tertiary/aromatic N) is 5. The third-order valence-corrected chi connectivity index (χ3v) is 5.78. The van der Waals surface area contributed by atoms with Crippen LogP contribution in [-0.2, 0) is 4.79 Å². The van der Waals surface area contributed by atoms with E-state index in [1.807, 2.05) is 6.92 Å². The predicted octanol–water partition coefficient (Wildman–Crippen LogP) is 3.02. The van der Waals surface area contributed by atoms with Crippen molar-refractivity contribution in [1.29, 1.82) is 0 Å². The number of piperidine rings is 1. The summed E-state index contributed by atoms with van der Waals surface area (Å²) >= 11 is 1.45. The molecule has 1 amide bonds. The van der Waals surface area contributed by atoms with Gasteiger partial charge in [0.1, 0.15) is 5.76 Å². The van der Waals surface area contributed by atoms with Crippen molar-refractivity contribution in [2.75, 3.05) is 23.3 Å². The van der Waals surface area contributed by atoms with E-state index in [0.29, 0.717) is 17.6 Å². The maximum absolute atomic E-state index is 12.4. The fraction of sp³-hybridized carbons (Fsp3) is 0.647. The van der Waals surface area contributed by atoms with Crippen molar-refractivity contribution >= 4 is 29.4 Å². The molecule has 1 aliphatic carbocycles. The number of nitrogens with one attached hydrogen (secondary N) is 1. The van der Waals surface area contributed by atoms with Crippen LogP contribution in [0.25, 0.3) is 0 Å². The molecule has 140 valence electrons. The van der Waals surface area contributed by atoms with Gasteiger partial charge in [-0.25, -0.2) is 0 Å². The molecule has 26 heavy (non-hydrogen) atoms. The first-order chi connectivity index (χ1) is 12.6. The van der Waals surface area contributed by atoms with Crippen molar-refractivity contribution in [3.63, 3.8) is 0 Å². The number of carbonyl (C=O) groups is 1. The highest BCUT2D eigenvalue weighted by Gasteiger charge is 2.33. The summed E-state index contributed by atoms with van der Waals surface area (Å²) in [6, 6.07) is 2.18. The van der Waals surface area contributed by atoms with E-state index in [-0.39, 0.29) is 11.2 Å². The van der Waals surface area contributed by atoms with Crippen molar-refractivity contribution in [2.24, 2.45) is 0 Å². The summed E-state index contributed by atoms with van der Waals surface area (Å²) in [5, 5.41) is 16.0. The van der Waals surface area contributed by atoms with Gasteiger partial charge in [-0.2, -0.15) is 0 Å². The predicted molar refractivity (Wildman–Crippen MR) is 99.5 cm³/mol. The number of anilines is 2. The third-order valence-electron chi connectivity index (χ3n) is 4.73. The Hall–Kier alpha value is -2.03. The van der Waals surface area contributed by atoms with Gasteiger partial charge < -0.3 is 14.7 Å². The average molecular weight is 376 g/mol. The van der Waals surface area contributed by atoms with Gasteiger partial charge in [0.15, 0.2) is 11.0 Å². The van der Waals surface area contributed by atoms with Crippen molar-refractivity contribution in [3.05, 3.63) is 11.8 Å². The Morgan fingerprint density at radius 3 is 2.73 bits per heavy atom. The van der Waals surface area contributed by atoms with Crippen LogP contribution in [0.2, 0.25) is 0 Å². The minimum Gasteiger partial charge on any atom is -0.360 e. The van der Waals surface area contributed by atoms with Gasteiger partial charge in [-0.05, 0) is 46.0 Å². The van der Waals surface area contributed by atoms with Crippen LogP contribution < -0.4 is 10.2 Å². The third kappa shape index (κ3) is 3.72. The van der Waals surface area contributed by atoms with E-state index in [1.165, 1.54) is 31.0 Å². The van der Waals surface area contributed by atoms with Gasteiger partial charge >= 0.3 is 0 Å². The molecule has 4 rings (SSSR count). The smallest absolute Gasteiger partial charge is 0.238 e. The number of carbonyl (C=O) groups excluding carboxylic acids is 1. The minimum atomic E-state index is -0.303. The summed E-state index contributed by atoms with van der Waals surface area (Å²) in [6.07, 6.45) is 6.01. The minimum absolute atomic E-state index is 0.117. The van der Waals surface area contributed by atoms with Gasteiger partial charge in [-0.3, -0.25) is 9.36 Å². The van der Waals surface area contributed by atoms with Gasteiger partial charge in [-0.1, -0.05) is 16.9 Å². The van der Waals surface area contributed by atoms with Crippen LogP contribution in [0, 0.1) is 6.92 Å². The lowest BCUT2D eigenvalue weighted by atomic mass is 10.1. The maximum atomic E-state index is 12.4. The molecule has 0 spiro atoms. The first kappa shape index (κ1) is 17.4. The van der Waals surface area contributed by atoms with Gasteiger partial charge in [0.2, 0.25) is 11.9 Å². The van der Waals surface area contributed by atoms with Gasteiger partial charge in [0.05, 0.1) is 5.25 Å². The highest BCUT2D eigenvalue weighted by Crippen LogP contribution is 2.42. The lowest BCUT2D eigenvalue weighted by Gasteiger charge is -2.28. The Morgan fingerprint density at radius 2 is 2.08 bits per heavy atom. The van der Waals surface area contributed by atoms with Crippen LogP contribution >= 0.6 is 11.8 Å². The molecule has 1 aliphatic heterocycles. The molecule has 3 heterocycles. The Bertz CT molecular complexity index is 778. The molecule has 2 aliphatic rings. The number of amides is 1. The molecule has 1 saturated heterocycles. The molecule has 2 aromatic heterocycles. The molecule has 2 fully saturated rings. The summed E-state index contributed by atoms with van der Waals surface area (Å²) in [6.45, 7) is 5.74. The van der Waals surface area contributed by atoms with E-state index >= 15 is 0 Å². The quantitative estimate of drug-likeness (QED) is 0.775. The first-order valence-corrected chi connectivity index (χ1v) is 10.1. The van der Waals surface area contributed by atoms with Crippen molar-refractivity contribution in [1.82, 2.24) is 19.9 Å². The Morgan fingerprint density at radius 1 is 1.31 bits per heavy atom. The zero-order valence-corrected chi connectivity index (χ0v) is 16.0. The monoisotopic (exact) mass is 376 g/mol. The number of aromatic nitrogens is 4. The largest absolute Gasteiger partial charge is 0.360 e. The topological polar surface area (TPSA) is 89.1 Å². The SMILES string of the molecule is Cc1cc(NC(=O)C(C)Sc2nnc(N3CCCCC3)n2C2CC2)no1. The highest BCUT2D eigenvalue weighted by atomic mass is 32.2. The fourth-order valence-corrected chi connectivity index (χ4v) is 4.09. The molecule has 1 atom stereocenters. The summed E-state index contributed by atoms with van der Waals surface area (Å²) in [5.41, 5.74) is 0. The van der Waals surface area contributed by atoms with Crippen LogP contribution in [0.1, 0.15) is 50.8 Å². The summed E-state index contributed by atoms with van der Waals surface area (Å²) in [7, 11) is 0. The van der Waals surface area contributed by atoms with Crippen molar-refractivity contribution in [3.8, 4) is 0 Å². The molecular weight excluding hydrogens is 352 g/mol. The van der Waals surface area contributed by atoms with E-state index in [1.54, 1.807) is 13.0 Å². The van der Waals surface area contributed by atoms with Crippen LogP contribution in [-0.4, -0.2) is 44.2 Å². The first-order valence-electron chi connectivity index (χ1n) is 9.22. The second-order valence-corrected chi connectivity index (χ2v) is 8.31. The average Bonchev–Trinajstić information content (AvgIpc) is 3.27. The van der Waals surface area contributed by atoms with E-state index in [4.69, 9.17) is 4.52 Å². The molecule has 0 aromatic carbocycles. The van der Waals surface area contributed by atoms with Gasteiger partial charge in [0.25, 0.3) is 0 Å². The van der Waals surface area contributed by atoms with Crippen molar-refractivity contribution < 1.29 is 9.32 Å². The lowest BCUT2D eigenvalue weighted by molar-refractivity contribution is -0.115. The molecule has 1 saturated carbocycles. The number of thioether (sulfide) groups is 1.